The van der Waals surface area contributed by atoms with Crippen LogP contribution in [-0.2, 0) is 16.9 Å². The van der Waals surface area contributed by atoms with Crippen molar-refractivity contribution in [3.8, 4) is 0 Å². The van der Waals surface area contributed by atoms with Gasteiger partial charge in [-0.1, -0.05) is 29.3 Å². The van der Waals surface area contributed by atoms with Crippen LogP contribution in [0.2, 0.25) is 10.0 Å². The van der Waals surface area contributed by atoms with E-state index >= 15 is 0 Å². The first-order valence-corrected chi connectivity index (χ1v) is 13.5. The van der Waals surface area contributed by atoms with Gasteiger partial charge in [-0.25, -0.2) is 4.39 Å². The second-order valence-electron chi connectivity index (χ2n) is 11.4. The zero-order valence-corrected chi connectivity index (χ0v) is 22.3. The van der Waals surface area contributed by atoms with E-state index < -0.39 is 10.7 Å². The zero-order valence-electron chi connectivity index (χ0n) is 20.8. The SMILES string of the molecule is Cc1c(Cl)c([N+](=O)[O-])nn1C12CC3CC(CC(CC(=O)Nc4cnn(Cc5c(F)cccc5Cl)c4)(C3)C1)C2. The van der Waals surface area contributed by atoms with E-state index in [2.05, 4.69) is 15.5 Å². The Hall–Kier alpha value is -2.98. The Morgan fingerprint density at radius 2 is 2.00 bits per heavy atom. The summed E-state index contributed by atoms with van der Waals surface area (Å²) in [4.78, 5) is 24.2. The lowest BCUT2D eigenvalue weighted by atomic mass is 9.46. The highest BCUT2D eigenvalue weighted by Crippen LogP contribution is 2.65. The number of anilines is 1. The van der Waals surface area contributed by atoms with E-state index in [9.17, 15) is 19.3 Å². The van der Waals surface area contributed by atoms with Gasteiger partial charge in [0.25, 0.3) is 0 Å². The van der Waals surface area contributed by atoms with Crippen molar-refractivity contribution >= 4 is 40.6 Å². The number of rotatable bonds is 7. The number of nitrogens with zero attached hydrogens (tertiary/aromatic N) is 5. The summed E-state index contributed by atoms with van der Waals surface area (Å²) in [6.07, 6.45) is 9.12. The molecule has 4 aliphatic rings. The van der Waals surface area contributed by atoms with Crippen LogP contribution in [0, 0.1) is 40.1 Å². The number of nitro groups is 1. The molecule has 12 heteroatoms. The number of hydrogen-bond donors (Lipinski definition) is 1. The monoisotopic (exact) mass is 560 g/mol. The second-order valence-corrected chi connectivity index (χ2v) is 12.2. The third kappa shape index (κ3) is 4.27. The second kappa shape index (κ2) is 9.05. The van der Waals surface area contributed by atoms with E-state index in [1.807, 2.05) is 0 Å². The summed E-state index contributed by atoms with van der Waals surface area (Å²) in [6.45, 7) is 1.93. The third-order valence-corrected chi connectivity index (χ3v) is 9.43. The molecule has 0 radical (unpaired) electrons. The number of carbonyl (C=O) groups excluding carboxylic acids is 1. The molecular formula is C26H27Cl2FN6O3. The molecule has 38 heavy (non-hydrogen) atoms. The van der Waals surface area contributed by atoms with E-state index in [-0.39, 0.29) is 34.2 Å². The maximum absolute atomic E-state index is 14.2. The lowest BCUT2D eigenvalue weighted by Gasteiger charge is -2.61. The molecule has 2 atom stereocenters. The minimum atomic E-state index is -0.532. The normalized spacial score (nSPS) is 27.6. The van der Waals surface area contributed by atoms with Gasteiger partial charge in [-0.05, 0) is 79.8 Å². The van der Waals surface area contributed by atoms with Gasteiger partial charge in [-0.2, -0.15) is 9.78 Å². The highest BCUT2D eigenvalue weighted by atomic mass is 35.5. The Bertz CT molecular complexity index is 1420. The summed E-state index contributed by atoms with van der Waals surface area (Å²) in [7, 11) is 0. The quantitative estimate of drug-likeness (QED) is 0.277. The Balaban J connectivity index is 1.19. The smallest absolute Gasteiger partial charge is 0.358 e. The molecule has 4 fully saturated rings. The van der Waals surface area contributed by atoms with E-state index in [1.165, 1.54) is 10.7 Å². The number of carbonyl (C=O) groups is 1. The molecule has 2 unspecified atom stereocenters. The first kappa shape index (κ1) is 25.3. The van der Waals surface area contributed by atoms with Gasteiger partial charge in [0.05, 0.1) is 34.8 Å². The molecule has 4 bridgehead atoms. The van der Waals surface area contributed by atoms with Crippen molar-refractivity contribution in [1.82, 2.24) is 19.6 Å². The van der Waals surface area contributed by atoms with Crippen molar-refractivity contribution in [2.24, 2.45) is 17.3 Å². The summed E-state index contributed by atoms with van der Waals surface area (Å²) in [5, 5.41) is 23.5. The van der Waals surface area contributed by atoms with Gasteiger partial charge in [0.15, 0.2) is 5.02 Å². The lowest BCUT2D eigenvalue weighted by Crippen LogP contribution is -2.57. The lowest BCUT2D eigenvalue weighted by molar-refractivity contribution is -0.389. The van der Waals surface area contributed by atoms with Crippen molar-refractivity contribution < 1.29 is 14.1 Å². The summed E-state index contributed by atoms with van der Waals surface area (Å²) < 4.78 is 17.5. The molecule has 1 N–H and O–H groups in total. The van der Waals surface area contributed by atoms with Crippen molar-refractivity contribution in [3.05, 3.63) is 67.8 Å². The number of amides is 1. The summed E-state index contributed by atoms with van der Waals surface area (Å²) in [5.74, 6) is 0.0676. The maximum atomic E-state index is 14.2. The van der Waals surface area contributed by atoms with Crippen LogP contribution in [0.25, 0.3) is 0 Å². The fourth-order valence-electron chi connectivity index (χ4n) is 7.81. The highest BCUT2D eigenvalue weighted by molar-refractivity contribution is 6.33. The van der Waals surface area contributed by atoms with Crippen molar-refractivity contribution in [3.63, 3.8) is 0 Å². The maximum Gasteiger partial charge on any atom is 0.408 e. The molecule has 4 saturated carbocycles. The van der Waals surface area contributed by atoms with Crippen molar-refractivity contribution in [2.75, 3.05) is 5.32 Å². The Morgan fingerprint density at radius 1 is 1.26 bits per heavy atom. The van der Waals surface area contributed by atoms with Gasteiger partial charge < -0.3 is 15.4 Å². The molecule has 9 nitrogen and oxygen atoms in total. The van der Waals surface area contributed by atoms with Crippen LogP contribution in [0.1, 0.15) is 56.2 Å². The third-order valence-electron chi connectivity index (χ3n) is 8.63. The molecule has 2 aromatic heterocycles. The number of benzene rings is 1. The average molecular weight is 561 g/mol. The van der Waals surface area contributed by atoms with E-state index in [1.54, 1.807) is 36.1 Å². The predicted molar refractivity (Wildman–Crippen MR) is 140 cm³/mol. The van der Waals surface area contributed by atoms with Gasteiger partial charge in [0.1, 0.15) is 5.82 Å². The largest absolute Gasteiger partial charge is 0.408 e. The number of aromatic nitrogens is 4. The molecule has 1 amide bonds. The molecule has 1 aromatic carbocycles. The van der Waals surface area contributed by atoms with E-state index in [4.69, 9.17) is 23.2 Å². The van der Waals surface area contributed by atoms with Crippen molar-refractivity contribution in [1.29, 1.82) is 0 Å². The van der Waals surface area contributed by atoms with Crippen LogP contribution >= 0.6 is 23.2 Å². The molecule has 3 aromatic rings. The first-order valence-electron chi connectivity index (χ1n) is 12.7. The number of nitrogens with one attached hydrogen (secondary N) is 1. The summed E-state index contributed by atoms with van der Waals surface area (Å²) >= 11 is 12.4. The molecule has 4 aliphatic carbocycles. The molecule has 0 saturated heterocycles. The van der Waals surface area contributed by atoms with Crippen molar-refractivity contribution in [2.45, 2.75) is 64.0 Å². The van der Waals surface area contributed by atoms with Crippen LogP contribution in [0.4, 0.5) is 15.9 Å². The fourth-order valence-corrected chi connectivity index (χ4v) is 8.22. The van der Waals surface area contributed by atoms with Crippen LogP contribution in [0.5, 0.6) is 0 Å². The van der Waals surface area contributed by atoms with Gasteiger partial charge in [0, 0.05) is 23.2 Å². The van der Waals surface area contributed by atoms with Gasteiger partial charge in [0.2, 0.25) is 5.91 Å². The van der Waals surface area contributed by atoms with Crippen LogP contribution in [-0.4, -0.2) is 30.4 Å². The molecular weight excluding hydrogens is 534 g/mol. The van der Waals surface area contributed by atoms with Crippen LogP contribution in [0.15, 0.2) is 30.6 Å². The first-order chi connectivity index (χ1) is 18.1. The molecule has 7 rings (SSSR count). The highest BCUT2D eigenvalue weighted by Gasteiger charge is 2.60. The average Bonchev–Trinajstić information content (AvgIpc) is 3.39. The standard InChI is InChI=1S/C26H27Cl2FN6O3/c1-15-23(28)24(35(37)38)32-34(15)26-8-16-5-17(9-26)7-25(6-16,14-26)10-22(36)31-18-11-30-33(12-18)13-19-20(27)3-2-4-21(19)29/h2-4,11-12,16-17H,5-10,13-14H2,1H3,(H,31,36). The minimum absolute atomic E-state index is 0.0891. The van der Waals surface area contributed by atoms with E-state index in [0.29, 0.717) is 40.2 Å². The zero-order chi connectivity index (χ0) is 26.8. The Labute approximate surface area is 228 Å². The van der Waals surface area contributed by atoms with Gasteiger partial charge >= 0.3 is 5.82 Å². The Morgan fingerprint density at radius 3 is 2.66 bits per heavy atom. The Kier molecular flexibility index (Phi) is 6.03. The minimum Gasteiger partial charge on any atom is -0.358 e. The van der Waals surface area contributed by atoms with Crippen LogP contribution < -0.4 is 5.32 Å². The number of halogens is 3. The fraction of sp³-hybridized carbons (Fsp3) is 0.500. The molecule has 2 heterocycles. The molecule has 0 aliphatic heterocycles. The number of hydrogen-bond acceptors (Lipinski definition) is 5. The van der Waals surface area contributed by atoms with Gasteiger partial charge in [-0.3, -0.25) is 9.48 Å². The predicted octanol–water partition coefficient (Wildman–Crippen LogP) is 6.11. The summed E-state index contributed by atoms with van der Waals surface area (Å²) in [6, 6.07) is 4.53. The van der Waals surface area contributed by atoms with Gasteiger partial charge in [-0.15, -0.1) is 0 Å². The van der Waals surface area contributed by atoms with Crippen LogP contribution in [0.3, 0.4) is 0 Å². The topological polar surface area (TPSA) is 108 Å². The summed E-state index contributed by atoms with van der Waals surface area (Å²) in [5.41, 5.74) is 0.915. The molecule has 0 spiro atoms. The van der Waals surface area contributed by atoms with E-state index in [0.717, 1.165) is 38.5 Å². The molecule has 200 valence electrons.